The summed E-state index contributed by atoms with van der Waals surface area (Å²) < 4.78 is 5.73. The van der Waals surface area contributed by atoms with Gasteiger partial charge in [-0.1, -0.05) is 0 Å². The molecule has 2 fully saturated rings. The molecular formula is C13H26N2O. The van der Waals surface area contributed by atoms with Crippen LogP contribution in [-0.4, -0.2) is 50.3 Å². The van der Waals surface area contributed by atoms with Crippen LogP contribution in [0.2, 0.25) is 0 Å². The molecule has 2 aliphatic rings. The molecule has 3 nitrogen and oxygen atoms in total. The molecule has 1 aliphatic heterocycles. The van der Waals surface area contributed by atoms with Crippen LogP contribution >= 0.6 is 0 Å². The number of hydrogen-bond donors (Lipinski definition) is 1. The molecule has 1 saturated carbocycles. The maximum atomic E-state index is 5.73. The quantitative estimate of drug-likeness (QED) is 0.771. The van der Waals surface area contributed by atoms with Crippen molar-refractivity contribution in [1.29, 1.82) is 0 Å². The van der Waals surface area contributed by atoms with E-state index < -0.39 is 0 Å². The molecule has 3 heteroatoms. The molecule has 0 bridgehead atoms. The molecule has 0 aromatic heterocycles. The fraction of sp³-hybridized carbons (Fsp3) is 1.00. The molecule has 94 valence electrons. The van der Waals surface area contributed by atoms with Crippen LogP contribution in [0.3, 0.4) is 0 Å². The Morgan fingerprint density at radius 3 is 2.56 bits per heavy atom. The van der Waals surface area contributed by atoms with E-state index in [1.54, 1.807) is 0 Å². The smallest absolute Gasteiger partial charge is 0.0699 e. The van der Waals surface area contributed by atoms with Crippen molar-refractivity contribution < 1.29 is 4.74 Å². The van der Waals surface area contributed by atoms with Crippen LogP contribution in [0.1, 0.15) is 38.5 Å². The molecule has 2 rings (SSSR count). The van der Waals surface area contributed by atoms with Crippen LogP contribution in [-0.2, 0) is 4.74 Å². The van der Waals surface area contributed by atoms with Gasteiger partial charge in [0.2, 0.25) is 0 Å². The predicted molar refractivity (Wildman–Crippen MR) is 66.7 cm³/mol. The van der Waals surface area contributed by atoms with E-state index in [0.717, 1.165) is 19.7 Å². The van der Waals surface area contributed by atoms with Gasteiger partial charge in [-0.05, 0) is 52.6 Å². The second-order valence-corrected chi connectivity index (χ2v) is 5.59. The molecule has 1 N–H and O–H groups in total. The van der Waals surface area contributed by atoms with E-state index in [9.17, 15) is 0 Å². The zero-order chi connectivity index (χ0) is 11.4. The molecule has 1 atom stereocenters. The van der Waals surface area contributed by atoms with Crippen molar-refractivity contribution in [3.63, 3.8) is 0 Å². The third-order valence-electron chi connectivity index (χ3n) is 4.33. The van der Waals surface area contributed by atoms with Crippen molar-refractivity contribution in [1.82, 2.24) is 10.2 Å². The van der Waals surface area contributed by atoms with Crippen molar-refractivity contribution in [2.24, 2.45) is 0 Å². The lowest BCUT2D eigenvalue weighted by atomic mass is 9.75. The molecule has 0 amide bonds. The first kappa shape index (κ1) is 12.3. The standard InChI is InChI=1S/C13H26N2O/c1-15(2)13(7-5-8-13)11-14-10-12-6-3-4-9-16-12/h12,14H,3-11H2,1-2H3. The highest BCUT2D eigenvalue weighted by Crippen LogP contribution is 2.35. The average molecular weight is 226 g/mol. The average Bonchev–Trinajstić information content (AvgIpc) is 2.23. The first-order valence-electron chi connectivity index (χ1n) is 6.73. The van der Waals surface area contributed by atoms with Gasteiger partial charge in [-0.15, -0.1) is 0 Å². The first-order valence-corrected chi connectivity index (χ1v) is 6.73. The monoisotopic (exact) mass is 226 g/mol. The number of nitrogens with zero attached hydrogens (tertiary/aromatic N) is 1. The van der Waals surface area contributed by atoms with Crippen LogP contribution in [0.4, 0.5) is 0 Å². The summed E-state index contributed by atoms with van der Waals surface area (Å²) in [6, 6.07) is 0. The van der Waals surface area contributed by atoms with E-state index >= 15 is 0 Å². The third-order valence-corrected chi connectivity index (χ3v) is 4.33. The van der Waals surface area contributed by atoms with E-state index in [2.05, 4.69) is 24.3 Å². The van der Waals surface area contributed by atoms with Crippen molar-refractivity contribution in [2.75, 3.05) is 33.8 Å². The van der Waals surface area contributed by atoms with Crippen LogP contribution in [0.15, 0.2) is 0 Å². The van der Waals surface area contributed by atoms with Crippen LogP contribution in [0, 0.1) is 0 Å². The van der Waals surface area contributed by atoms with Crippen LogP contribution in [0.25, 0.3) is 0 Å². The van der Waals surface area contributed by atoms with E-state index in [0.29, 0.717) is 11.6 Å². The molecule has 0 aromatic carbocycles. The van der Waals surface area contributed by atoms with Gasteiger partial charge in [0.1, 0.15) is 0 Å². The highest BCUT2D eigenvalue weighted by Gasteiger charge is 2.38. The SMILES string of the molecule is CN(C)C1(CNCC2CCCCO2)CCC1. The Morgan fingerprint density at radius 1 is 1.25 bits per heavy atom. The number of ether oxygens (including phenoxy) is 1. The maximum absolute atomic E-state index is 5.73. The Bertz CT molecular complexity index is 208. The van der Waals surface area contributed by atoms with Crippen molar-refractivity contribution in [3.8, 4) is 0 Å². The Hall–Kier alpha value is -0.120. The Kier molecular flexibility index (Phi) is 4.22. The lowest BCUT2D eigenvalue weighted by molar-refractivity contribution is 0.00929. The summed E-state index contributed by atoms with van der Waals surface area (Å²) in [7, 11) is 4.41. The van der Waals surface area contributed by atoms with E-state index in [4.69, 9.17) is 4.74 Å². The maximum Gasteiger partial charge on any atom is 0.0699 e. The Balaban J connectivity index is 1.66. The topological polar surface area (TPSA) is 24.5 Å². The molecule has 1 heterocycles. The van der Waals surface area contributed by atoms with E-state index in [1.165, 1.54) is 38.5 Å². The molecule has 1 unspecified atom stereocenters. The van der Waals surface area contributed by atoms with Gasteiger partial charge >= 0.3 is 0 Å². The van der Waals surface area contributed by atoms with Gasteiger partial charge in [-0.25, -0.2) is 0 Å². The summed E-state index contributed by atoms with van der Waals surface area (Å²) in [4.78, 5) is 2.39. The third kappa shape index (κ3) is 2.76. The molecule has 1 aliphatic carbocycles. The predicted octanol–water partition coefficient (Wildman–Crippen LogP) is 1.63. The fourth-order valence-corrected chi connectivity index (χ4v) is 2.80. The summed E-state index contributed by atoms with van der Waals surface area (Å²) in [6.45, 7) is 3.13. The van der Waals surface area contributed by atoms with Gasteiger partial charge in [0, 0.05) is 25.2 Å². The van der Waals surface area contributed by atoms with Gasteiger partial charge in [-0.2, -0.15) is 0 Å². The highest BCUT2D eigenvalue weighted by molar-refractivity contribution is 4.97. The van der Waals surface area contributed by atoms with Gasteiger partial charge in [0.25, 0.3) is 0 Å². The second-order valence-electron chi connectivity index (χ2n) is 5.59. The summed E-state index contributed by atoms with van der Waals surface area (Å²) in [5.41, 5.74) is 0.439. The lowest BCUT2D eigenvalue weighted by Gasteiger charge is -2.47. The minimum absolute atomic E-state index is 0.439. The summed E-state index contributed by atoms with van der Waals surface area (Å²) >= 11 is 0. The largest absolute Gasteiger partial charge is 0.377 e. The minimum Gasteiger partial charge on any atom is -0.377 e. The van der Waals surface area contributed by atoms with Crippen LogP contribution in [0.5, 0.6) is 0 Å². The Labute approximate surface area is 99.5 Å². The molecular weight excluding hydrogens is 200 g/mol. The molecule has 1 saturated heterocycles. The fourth-order valence-electron chi connectivity index (χ4n) is 2.80. The van der Waals surface area contributed by atoms with Crippen molar-refractivity contribution in [3.05, 3.63) is 0 Å². The van der Waals surface area contributed by atoms with Gasteiger partial charge in [0.05, 0.1) is 6.10 Å². The summed E-state index contributed by atoms with van der Waals surface area (Å²) in [5.74, 6) is 0. The zero-order valence-electron chi connectivity index (χ0n) is 10.8. The van der Waals surface area contributed by atoms with Gasteiger partial charge in [-0.3, -0.25) is 0 Å². The first-order chi connectivity index (χ1) is 7.73. The summed E-state index contributed by atoms with van der Waals surface area (Å²) in [6.07, 6.45) is 8.37. The lowest BCUT2D eigenvalue weighted by Crippen LogP contribution is -2.57. The zero-order valence-corrected chi connectivity index (χ0v) is 10.8. The molecule has 16 heavy (non-hydrogen) atoms. The van der Waals surface area contributed by atoms with Gasteiger partial charge in [0.15, 0.2) is 0 Å². The number of hydrogen-bond acceptors (Lipinski definition) is 3. The number of rotatable bonds is 5. The highest BCUT2D eigenvalue weighted by atomic mass is 16.5. The second kappa shape index (κ2) is 5.48. The van der Waals surface area contributed by atoms with E-state index in [1.807, 2.05) is 0 Å². The summed E-state index contributed by atoms with van der Waals surface area (Å²) in [5, 5.41) is 3.61. The van der Waals surface area contributed by atoms with E-state index in [-0.39, 0.29) is 0 Å². The Morgan fingerprint density at radius 2 is 2.06 bits per heavy atom. The minimum atomic E-state index is 0.439. The number of nitrogens with one attached hydrogen (secondary N) is 1. The molecule has 0 aromatic rings. The molecule has 0 spiro atoms. The normalized spacial score (nSPS) is 29.1. The van der Waals surface area contributed by atoms with Crippen molar-refractivity contribution >= 4 is 0 Å². The van der Waals surface area contributed by atoms with Crippen LogP contribution < -0.4 is 5.32 Å². The number of likely N-dealkylation sites (N-methyl/N-ethyl adjacent to an activating group) is 1. The van der Waals surface area contributed by atoms with Gasteiger partial charge < -0.3 is 15.0 Å². The van der Waals surface area contributed by atoms with Crippen molar-refractivity contribution in [2.45, 2.75) is 50.2 Å². The molecule has 0 radical (unpaired) electrons.